The van der Waals surface area contributed by atoms with Gasteiger partial charge in [-0.3, -0.25) is 9.79 Å². The number of methoxy groups -OCH3 is 1. The number of ether oxygens (including phenoxy) is 1. The zero-order chi connectivity index (χ0) is 19.9. The average molecular weight is 380 g/mol. The number of carbonyl (C=O) groups is 1. The number of hydrogen-bond acceptors (Lipinski definition) is 4. The molecule has 2 aromatic rings. The van der Waals surface area contributed by atoms with Crippen LogP contribution in [0, 0.1) is 4.91 Å². The normalized spacial score (nSPS) is 13.1. The molecule has 6 heteroatoms. The van der Waals surface area contributed by atoms with Crippen LogP contribution >= 0.6 is 0 Å². The van der Waals surface area contributed by atoms with Crippen molar-refractivity contribution in [1.29, 1.82) is 0 Å². The number of aliphatic imine (C=N–C) groups is 1. The molecule has 28 heavy (non-hydrogen) atoms. The van der Waals surface area contributed by atoms with Gasteiger partial charge in [-0.2, -0.15) is 0 Å². The minimum absolute atomic E-state index is 0.0149. The third-order valence-corrected chi connectivity index (χ3v) is 4.75. The number of nitroso groups, excluding NO2 is 1. The third kappa shape index (κ3) is 4.39. The van der Waals surface area contributed by atoms with Crippen LogP contribution < -0.4 is 4.74 Å². The lowest BCUT2D eigenvalue weighted by molar-refractivity contribution is -0.117. The fraction of sp³-hybridized carbons (Fsp3) is 0.273. The second-order valence-electron chi connectivity index (χ2n) is 6.50. The summed E-state index contributed by atoms with van der Waals surface area (Å²) in [6, 6.07) is 11.2. The molecular weight excluding hydrogens is 359 g/mol. The molecule has 0 bridgehead atoms. The van der Waals surface area contributed by atoms with Gasteiger partial charge in [-0.15, -0.1) is 4.91 Å². The van der Waals surface area contributed by atoms with Gasteiger partial charge in [0, 0.05) is 24.4 Å². The monoisotopic (exact) mass is 380 g/mol. The topological polar surface area (TPSA) is 68.1 Å². The zero-order valence-corrected chi connectivity index (χ0v) is 15.7. The summed E-state index contributed by atoms with van der Waals surface area (Å²) in [5.74, 6) is -0.0479. The van der Waals surface area contributed by atoms with Gasteiger partial charge in [0.25, 0.3) is 5.91 Å². The molecule has 1 aliphatic heterocycles. The van der Waals surface area contributed by atoms with Crippen molar-refractivity contribution in [2.45, 2.75) is 25.9 Å². The number of allylic oxidation sites excluding steroid dienone is 1. The average Bonchev–Trinajstić information content (AvgIpc) is 2.77. The number of alkyl halides is 1. The van der Waals surface area contributed by atoms with Crippen LogP contribution in [0.2, 0.25) is 0 Å². The predicted molar refractivity (Wildman–Crippen MR) is 108 cm³/mol. The van der Waals surface area contributed by atoms with E-state index in [-0.39, 0.29) is 6.42 Å². The fourth-order valence-electron chi connectivity index (χ4n) is 3.32. The molecule has 144 valence electrons. The van der Waals surface area contributed by atoms with Crippen molar-refractivity contribution in [3.63, 3.8) is 0 Å². The van der Waals surface area contributed by atoms with E-state index < -0.39 is 12.6 Å². The van der Waals surface area contributed by atoms with Crippen molar-refractivity contribution < 1.29 is 13.9 Å². The molecule has 0 aromatic heterocycles. The van der Waals surface area contributed by atoms with Crippen LogP contribution in [0.15, 0.2) is 52.6 Å². The number of halogens is 1. The largest absolute Gasteiger partial charge is 0.497 e. The molecule has 1 amide bonds. The van der Waals surface area contributed by atoms with Crippen molar-refractivity contribution in [2.24, 2.45) is 10.2 Å². The quantitative estimate of drug-likeness (QED) is 0.641. The van der Waals surface area contributed by atoms with E-state index in [0.29, 0.717) is 17.7 Å². The maximum Gasteiger partial charge on any atom is 0.286 e. The first kappa shape index (κ1) is 19.6. The Balaban J connectivity index is 2.00. The molecule has 2 aromatic carbocycles. The molecule has 1 heterocycles. The smallest absolute Gasteiger partial charge is 0.286 e. The standard InChI is InChI=1S/C22H21FN2O3/c1-28-19-6-8-20(16(12-19)5-9-22(26)25-27)15-4-7-21(18(11-15)13-23)17-3-2-10-24-14-17/h3-4,6-8,11-12,14H,2,5,9-10,13H2,1H3. The molecule has 0 saturated heterocycles. The van der Waals surface area contributed by atoms with Crippen molar-refractivity contribution in [3.8, 4) is 16.9 Å². The van der Waals surface area contributed by atoms with Gasteiger partial charge in [-0.05, 0) is 64.4 Å². The van der Waals surface area contributed by atoms with Crippen LogP contribution in [-0.2, 0) is 17.9 Å². The summed E-state index contributed by atoms with van der Waals surface area (Å²) in [4.78, 5) is 26.0. The Bertz CT molecular complexity index is 951. The molecule has 0 unspecified atom stereocenters. The molecule has 1 aliphatic rings. The summed E-state index contributed by atoms with van der Waals surface area (Å²) < 4.78 is 19.0. The maximum atomic E-state index is 13.8. The van der Waals surface area contributed by atoms with Gasteiger partial charge < -0.3 is 4.74 Å². The fourth-order valence-corrected chi connectivity index (χ4v) is 3.32. The molecule has 5 nitrogen and oxygen atoms in total. The summed E-state index contributed by atoms with van der Waals surface area (Å²) in [5.41, 5.74) is 4.91. The van der Waals surface area contributed by atoms with E-state index in [9.17, 15) is 14.1 Å². The van der Waals surface area contributed by atoms with Crippen molar-refractivity contribution in [3.05, 3.63) is 64.1 Å². The van der Waals surface area contributed by atoms with Gasteiger partial charge in [0.1, 0.15) is 12.4 Å². The third-order valence-electron chi connectivity index (χ3n) is 4.75. The van der Waals surface area contributed by atoms with E-state index in [1.54, 1.807) is 13.3 Å². The Kier molecular flexibility index (Phi) is 6.42. The molecule has 0 saturated carbocycles. The number of hydrogen-bond donors (Lipinski definition) is 0. The Morgan fingerprint density at radius 1 is 1.18 bits per heavy atom. The lowest BCUT2D eigenvalue weighted by atomic mass is 9.91. The van der Waals surface area contributed by atoms with Gasteiger partial charge in [0.05, 0.1) is 7.11 Å². The molecule has 0 N–H and O–H groups in total. The molecule has 0 fully saturated rings. The summed E-state index contributed by atoms with van der Waals surface area (Å²) >= 11 is 0. The van der Waals surface area contributed by atoms with Gasteiger partial charge in [0.2, 0.25) is 0 Å². The number of dihydropyridines is 1. The summed E-state index contributed by atoms with van der Waals surface area (Å²) in [5, 5.41) is 2.45. The van der Waals surface area contributed by atoms with Crippen LogP contribution in [0.4, 0.5) is 4.39 Å². The van der Waals surface area contributed by atoms with Gasteiger partial charge in [-0.25, -0.2) is 4.39 Å². The lowest BCUT2D eigenvalue weighted by Gasteiger charge is -2.15. The zero-order valence-electron chi connectivity index (χ0n) is 15.7. The van der Waals surface area contributed by atoms with E-state index in [1.165, 1.54) is 0 Å². The summed E-state index contributed by atoms with van der Waals surface area (Å²) in [7, 11) is 1.56. The first-order valence-corrected chi connectivity index (χ1v) is 9.09. The SMILES string of the molecule is COc1ccc(-c2ccc(C3=CCCN=C3)c(CF)c2)c(CCC(=O)N=O)c1. The number of nitrogens with zero attached hydrogens (tertiary/aromatic N) is 2. The lowest BCUT2D eigenvalue weighted by Crippen LogP contribution is -2.00. The van der Waals surface area contributed by atoms with Crippen LogP contribution in [0.5, 0.6) is 5.75 Å². The molecule has 0 aliphatic carbocycles. The minimum Gasteiger partial charge on any atom is -0.497 e. The van der Waals surface area contributed by atoms with Crippen LogP contribution in [0.25, 0.3) is 16.7 Å². The molecular formula is C22H21FN2O3. The highest BCUT2D eigenvalue weighted by Gasteiger charge is 2.14. The summed E-state index contributed by atoms with van der Waals surface area (Å²) in [6.45, 7) is 0.170. The number of amides is 1. The highest BCUT2D eigenvalue weighted by atomic mass is 19.1. The van der Waals surface area contributed by atoms with E-state index >= 15 is 0 Å². The van der Waals surface area contributed by atoms with E-state index in [1.807, 2.05) is 36.4 Å². The first-order valence-electron chi connectivity index (χ1n) is 9.09. The van der Waals surface area contributed by atoms with Crippen LogP contribution in [-0.4, -0.2) is 25.8 Å². The van der Waals surface area contributed by atoms with Crippen molar-refractivity contribution in [1.82, 2.24) is 0 Å². The van der Waals surface area contributed by atoms with Crippen molar-refractivity contribution in [2.75, 3.05) is 13.7 Å². The van der Waals surface area contributed by atoms with Crippen molar-refractivity contribution >= 4 is 17.7 Å². The van der Waals surface area contributed by atoms with E-state index in [2.05, 4.69) is 16.2 Å². The highest BCUT2D eigenvalue weighted by Crippen LogP contribution is 2.32. The Hall–Kier alpha value is -3.15. The second kappa shape index (κ2) is 9.17. The van der Waals surface area contributed by atoms with E-state index in [0.717, 1.165) is 40.8 Å². The van der Waals surface area contributed by atoms with Gasteiger partial charge in [0.15, 0.2) is 0 Å². The van der Waals surface area contributed by atoms with Crippen LogP contribution in [0.3, 0.4) is 0 Å². The number of benzene rings is 2. The van der Waals surface area contributed by atoms with Crippen LogP contribution in [0.1, 0.15) is 29.5 Å². The number of aryl methyl sites for hydroxylation is 1. The Morgan fingerprint density at radius 2 is 2.00 bits per heavy atom. The van der Waals surface area contributed by atoms with Gasteiger partial charge in [-0.1, -0.05) is 24.3 Å². The molecule has 0 radical (unpaired) electrons. The predicted octanol–water partition coefficient (Wildman–Crippen LogP) is 4.92. The second-order valence-corrected chi connectivity index (χ2v) is 6.50. The Morgan fingerprint density at radius 3 is 2.68 bits per heavy atom. The maximum absolute atomic E-state index is 13.8. The number of carbonyl (C=O) groups excluding carboxylic acids is 1. The minimum atomic E-state index is -0.697. The van der Waals surface area contributed by atoms with Gasteiger partial charge >= 0.3 is 0 Å². The first-order chi connectivity index (χ1) is 13.7. The highest BCUT2D eigenvalue weighted by molar-refractivity contribution is 6.11. The van der Waals surface area contributed by atoms with E-state index in [4.69, 9.17) is 4.74 Å². The summed E-state index contributed by atoms with van der Waals surface area (Å²) in [6.07, 6.45) is 5.07. The molecule has 0 spiro atoms. The Labute approximate surface area is 162 Å². The number of rotatable bonds is 7. The molecule has 0 atom stereocenters. The molecule has 3 rings (SSSR count).